The third-order valence-corrected chi connectivity index (χ3v) is 4.79. The van der Waals surface area contributed by atoms with Gasteiger partial charge in [-0.05, 0) is 23.8 Å². The first kappa shape index (κ1) is 19.9. The molecular weight excluding hydrogens is 404 g/mol. The number of nitrogen functional groups attached to an aromatic ring is 1. The van der Waals surface area contributed by atoms with E-state index in [1.807, 2.05) is 0 Å². The van der Waals surface area contributed by atoms with E-state index in [0.717, 1.165) is 11.3 Å². The number of carbonyl (C=O) groups is 1. The smallest absolute Gasteiger partial charge is 0.390 e. The highest BCUT2D eigenvalue weighted by molar-refractivity contribution is 7.15. The second-order valence-electron chi connectivity index (χ2n) is 5.88. The standard InChI is InChI=1S/C19H11F6NOS/c20-18(21,22)12-6-11(7-13(8-12)19(23,24)25)14-9-28-17(26)15(14)16(27)10-4-2-1-3-5-10/h1-9H,26H2. The van der Waals surface area contributed by atoms with Crippen LogP contribution in [0.3, 0.4) is 0 Å². The van der Waals surface area contributed by atoms with E-state index in [9.17, 15) is 31.1 Å². The molecule has 1 aromatic heterocycles. The van der Waals surface area contributed by atoms with Crippen molar-refractivity contribution in [3.63, 3.8) is 0 Å². The van der Waals surface area contributed by atoms with Crippen LogP contribution in [0.4, 0.5) is 31.3 Å². The molecule has 146 valence electrons. The third kappa shape index (κ3) is 3.89. The molecule has 0 saturated heterocycles. The number of nitrogens with two attached hydrogens (primary N) is 1. The summed E-state index contributed by atoms with van der Waals surface area (Å²) in [6.45, 7) is 0. The predicted molar refractivity (Wildman–Crippen MR) is 94.0 cm³/mol. The number of anilines is 1. The molecule has 2 nitrogen and oxygen atoms in total. The molecule has 0 aliphatic heterocycles. The topological polar surface area (TPSA) is 43.1 Å². The SMILES string of the molecule is Nc1scc(-c2cc(C(F)(F)F)cc(C(F)(F)F)c2)c1C(=O)c1ccccc1. The molecule has 0 unspecified atom stereocenters. The van der Waals surface area contributed by atoms with Crippen LogP contribution in [0.15, 0.2) is 53.9 Å². The Morgan fingerprint density at radius 2 is 1.39 bits per heavy atom. The minimum Gasteiger partial charge on any atom is -0.390 e. The fraction of sp³-hybridized carbons (Fsp3) is 0.105. The Balaban J connectivity index is 2.21. The highest BCUT2D eigenvalue weighted by Gasteiger charge is 2.37. The Morgan fingerprint density at radius 1 is 0.857 bits per heavy atom. The normalized spacial score (nSPS) is 12.2. The molecule has 3 rings (SSSR count). The van der Waals surface area contributed by atoms with Crippen molar-refractivity contribution in [2.24, 2.45) is 0 Å². The fourth-order valence-corrected chi connectivity index (χ4v) is 3.48. The van der Waals surface area contributed by atoms with E-state index in [1.165, 1.54) is 17.5 Å². The van der Waals surface area contributed by atoms with Crippen LogP contribution in [0.2, 0.25) is 0 Å². The number of ketones is 1. The van der Waals surface area contributed by atoms with Crippen molar-refractivity contribution in [1.29, 1.82) is 0 Å². The van der Waals surface area contributed by atoms with Crippen LogP contribution in [0.5, 0.6) is 0 Å². The monoisotopic (exact) mass is 415 g/mol. The van der Waals surface area contributed by atoms with Gasteiger partial charge in [-0.2, -0.15) is 26.3 Å². The molecule has 0 aliphatic carbocycles. The van der Waals surface area contributed by atoms with E-state index in [2.05, 4.69) is 0 Å². The molecule has 0 spiro atoms. The number of hydrogen-bond donors (Lipinski definition) is 1. The van der Waals surface area contributed by atoms with Crippen LogP contribution in [0.1, 0.15) is 27.0 Å². The van der Waals surface area contributed by atoms with Crippen molar-refractivity contribution in [2.45, 2.75) is 12.4 Å². The molecule has 0 fully saturated rings. The number of carbonyl (C=O) groups excluding carboxylic acids is 1. The average Bonchev–Trinajstić information content (AvgIpc) is 3.01. The summed E-state index contributed by atoms with van der Waals surface area (Å²) in [4.78, 5) is 12.8. The van der Waals surface area contributed by atoms with Crippen LogP contribution in [0.25, 0.3) is 11.1 Å². The lowest BCUT2D eigenvalue weighted by Gasteiger charge is -2.14. The second-order valence-corrected chi connectivity index (χ2v) is 6.79. The molecule has 0 atom stereocenters. The van der Waals surface area contributed by atoms with Crippen molar-refractivity contribution in [2.75, 3.05) is 5.73 Å². The van der Waals surface area contributed by atoms with E-state index < -0.39 is 29.3 Å². The van der Waals surface area contributed by atoms with Gasteiger partial charge in [-0.15, -0.1) is 11.3 Å². The molecule has 2 N–H and O–H groups in total. The second kappa shape index (κ2) is 6.97. The molecule has 3 aromatic rings. The molecule has 9 heteroatoms. The van der Waals surface area contributed by atoms with Crippen molar-refractivity contribution < 1.29 is 31.1 Å². The first-order chi connectivity index (χ1) is 13.0. The predicted octanol–water partition coefficient (Wildman–Crippen LogP) is 6.27. The quantitative estimate of drug-likeness (QED) is 0.405. The van der Waals surface area contributed by atoms with Crippen LogP contribution in [0, 0.1) is 0 Å². The summed E-state index contributed by atoms with van der Waals surface area (Å²) in [6.07, 6.45) is -9.97. The van der Waals surface area contributed by atoms with E-state index in [-0.39, 0.29) is 33.3 Å². The number of benzene rings is 2. The lowest BCUT2D eigenvalue weighted by molar-refractivity contribution is -0.143. The number of hydrogen-bond acceptors (Lipinski definition) is 3. The molecular formula is C19H11F6NOS. The fourth-order valence-electron chi connectivity index (χ4n) is 2.66. The van der Waals surface area contributed by atoms with Gasteiger partial charge in [-0.3, -0.25) is 4.79 Å². The Kier molecular flexibility index (Phi) is 4.97. The van der Waals surface area contributed by atoms with Crippen molar-refractivity contribution in [3.05, 3.63) is 76.2 Å². The van der Waals surface area contributed by atoms with Crippen LogP contribution < -0.4 is 5.73 Å². The van der Waals surface area contributed by atoms with Crippen molar-refractivity contribution in [3.8, 4) is 11.1 Å². The van der Waals surface area contributed by atoms with Gasteiger partial charge in [0.1, 0.15) is 0 Å². The maximum absolute atomic E-state index is 13.1. The molecule has 2 aromatic carbocycles. The maximum atomic E-state index is 13.1. The van der Waals surface area contributed by atoms with Gasteiger partial charge in [0.15, 0.2) is 5.78 Å². The van der Waals surface area contributed by atoms with E-state index >= 15 is 0 Å². The summed E-state index contributed by atoms with van der Waals surface area (Å²) in [6, 6.07) is 9.00. The van der Waals surface area contributed by atoms with E-state index in [1.54, 1.807) is 18.2 Å². The van der Waals surface area contributed by atoms with E-state index in [4.69, 9.17) is 5.73 Å². The number of rotatable bonds is 3. The van der Waals surface area contributed by atoms with Gasteiger partial charge in [0.05, 0.1) is 21.7 Å². The molecule has 0 bridgehead atoms. The van der Waals surface area contributed by atoms with E-state index in [0.29, 0.717) is 12.1 Å². The molecule has 0 saturated carbocycles. The number of halogens is 6. The molecule has 28 heavy (non-hydrogen) atoms. The zero-order chi connectivity index (χ0) is 20.7. The number of thiophene rings is 1. The molecule has 0 amide bonds. The first-order valence-electron chi connectivity index (χ1n) is 7.75. The average molecular weight is 415 g/mol. The highest BCUT2D eigenvalue weighted by Crippen LogP contribution is 2.41. The van der Waals surface area contributed by atoms with Crippen molar-refractivity contribution >= 4 is 22.1 Å². The summed E-state index contributed by atoms with van der Waals surface area (Å²) < 4.78 is 78.7. The molecule has 0 radical (unpaired) electrons. The Bertz CT molecular complexity index is 989. The minimum atomic E-state index is -4.98. The van der Waals surface area contributed by atoms with Gasteiger partial charge in [0.25, 0.3) is 0 Å². The Labute approximate surface area is 159 Å². The van der Waals surface area contributed by atoms with Gasteiger partial charge in [0.2, 0.25) is 0 Å². The first-order valence-corrected chi connectivity index (χ1v) is 8.63. The highest BCUT2D eigenvalue weighted by atomic mass is 32.1. The number of alkyl halides is 6. The van der Waals surface area contributed by atoms with Gasteiger partial charge < -0.3 is 5.73 Å². The molecule has 0 aliphatic rings. The molecule has 1 heterocycles. The van der Waals surface area contributed by atoms with Gasteiger partial charge in [-0.25, -0.2) is 0 Å². The van der Waals surface area contributed by atoms with Crippen LogP contribution >= 0.6 is 11.3 Å². The maximum Gasteiger partial charge on any atom is 0.416 e. The van der Waals surface area contributed by atoms with Crippen LogP contribution in [-0.2, 0) is 12.4 Å². The largest absolute Gasteiger partial charge is 0.416 e. The Hall–Kier alpha value is -2.81. The minimum absolute atomic E-state index is 0.00910. The summed E-state index contributed by atoms with van der Waals surface area (Å²) in [5.74, 6) is -0.583. The Morgan fingerprint density at radius 3 is 1.89 bits per heavy atom. The van der Waals surface area contributed by atoms with Gasteiger partial charge in [-0.1, -0.05) is 30.3 Å². The lowest BCUT2D eigenvalue weighted by atomic mass is 9.94. The van der Waals surface area contributed by atoms with Gasteiger partial charge >= 0.3 is 12.4 Å². The van der Waals surface area contributed by atoms with Crippen LogP contribution in [-0.4, -0.2) is 5.78 Å². The summed E-state index contributed by atoms with van der Waals surface area (Å²) in [5, 5.41) is 1.29. The zero-order valence-corrected chi connectivity index (χ0v) is 14.7. The van der Waals surface area contributed by atoms with Gasteiger partial charge in [0, 0.05) is 16.5 Å². The summed E-state index contributed by atoms with van der Waals surface area (Å²) in [7, 11) is 0. The lowest BCUT2D eigenvalue weighted by Crippen LogP contribution is -2.11. The summed E-state index contributed by atoms with van der Waals surface area (Å²) in [5.41, 5.74) is 2.54. The van der Waals surface area contributed by atoms with Crippen molar-refractivity contribution in [1.82, 2.24) is 0 Å². The third-order valence-electron chi connectivity index (χ3n) is 3.98. The summed E-state index contributed by atoms with van der Waals surface area (Å²) >= 11 is 0.870. The zero-order valence-electron chi connectivity index (χ0n) is 13.9.